The lowest BCUT2D eigenvalue weighted by atomic mass is 10.0. The Morgan fingerprint density at radius 2 is 1.81 bits per heavy atom. The van der Waals surface area contributed by atoms with Gasteiger partial charge < -0.3 is 14.5 Å². The lowest BCUT2D eigenvalue weighted by Gasteiger charge is -2.20. The molecule has 0 aliphatic carbocycles. The van der Waals surface area contributed by atoms with Gasteiger partial charge in [-0.15, -0.1) is 0 Å². The number of H-pyrrole nitrogens is 1. The second-order valence-corrected chi connectivity index (χ2v) is 8.63. The molecule has 1 atom stereocenters. The molecule has 0 bridgehead atoms. The average Bonchev–Trinajstić information content (AvgIpc) is 3.25. The van der Waals surface area contributed by atoms with E-state index in [9.17, 15) is 8.60 Å². The molecule has 1 N–H and O–H groups in total. The van der Waals surface area contributed by atoms with Gasteiger partial charge in [0.1, 0.15) is 28.8 Å². The van der Waals surface area contributed by atoms with Crippen LogP contribution in [0.2, 0.25) is 0 Å². The molecular formula is C24H19FN2O3S. The van der Waals surface area contributed by atoms with Crippen LogP contribution in [0.4, 0.5) is 4.39 Å². The van der Waals surface area contributed by atoms with Crippen molar-refractivity contribution in [2.45, 2.75) is 4.90 Å². The van der Waals surface area contributed by atoms with Crippen LogP contribution in [0.3, 0.4) is 0 Å². The molecule has 31 heavy (non-hydrogen) atoms. The number of pyridine rings is 1. The predicted octanol–water partition coefficient (Wildman–Crippen LogP) is 5.06. The first kappa shape index (κ1) is 19.5. The maximum Gasteiger partial charge on any atom is 0.139 e. The number of nitrogens with one attached hydrogen (secondary N) is 1. The second kappa shape index (κ2) is 8.00. The summed E-state index contributed by atoms with van der Waals surface area (Å²) in [4.78, 5) is 8.17. The molecular weight excluding hydrogens is 415 g/mol. The topological polar surface area (TPSA) is 64.2 Å². The van der Waals surface area contributed by atoms with Crippen molar-refractivity contribution in [2.24, 2.45) is 0 Å². The maximum atomic E-state index is 13.5. The van der Waals surface area contributed by atoms with Gasteiger partial charge in [-0.05, 0) is 65.7 Å². The Labute approximate surface area is 181 Å². The van der Waals surface area contributed by atoms with E-state index in [4.69, 9.17) is 9.47 Å². The summed E-state index contributed by atoms with van der Waals surface area (Å²) in [6.07, 6.45) is 3.48. The van der Waals surface area contributed by atoms with E-state index in [1.54, 1.807) is 31.6 Å². The third-order valence-corrected chi connectivity index (χ3v) is 6.64. The molecule has 2 aromatic carbocycles. The van der Waals surface area contributed by atoms with E-state index in [-0.39, 0.29) is 5.82 Å². The normalized spacial score (nSPS) is 15.2. The lowest BCUT2D eigenvalue weighted by molar-refractivity contribution is 0.318. The molecule has 0 saturated heterocycles. The third kappa shape index (κ3) is 3.61. The fourth-order valence-electron chi connectivity index (χ4n) is 3.76. The fraction of sp³-hybridized carbons (Fsp3) is 0.125. The van der Waals surface area contributed by atoms with E-state index in [0.29, 0.717) is 28.8 Å². The zero-order chi connectivity index (χ0) is 21.4. The van der Waals surface area contributed by atoms with Gasteiger partial charge >= 0.3 is 0 Å². The van der Waals surface area contributed by atoms with Crippen molar-refractivity contribution >= 4 is 10.8 Å². The summed E-state index contributed by atoms with van der Waals surface area (Å²) < 4.78 is 37.3. The van der Waals surface area contributed by atoms with Crippen LogP contribution in [0, 0.1) is 5.82 Å². The van der Waals surface area contributed by atoms with Crippen molar-refractivity contribution in [1.82, 2.24) is 9.97 Å². The first-order chi connectivity index (χ1) is 15.1. The lowest BCUT2D eigenvalue weighted by Crippen LogP contribution is -2.17. The number of nitrogens with zero attached hydrogens (tertiary/aromatic N) is 1. The molecule has 0 amide bonds. The number of halogens is 1. The van der Waals surface area contributed by atoms with Gasteiger partial charge in [0.2, 0.25) is 0 Å². The van der Waals surface area contributed by atoms with E-state index < -0.39 is 10.8 Å². The number of benzene rings is 2. The van der Waals surface area contributed by atoms with E-state index in [2.05, 4.69) is 9.97 Å². The van der Waals surface area contributed by atoms with Gasteiger partial charge in [-0.3, -0.25) is 9.19 Å². The minimum atomic E-state index is -1.15. The van der Waals surface area contributed by atoms with Crippen molar-refractivity contribution < 1.29 is 18.1 Å². The molecule has 2 aromatic heterocycles. The highest BCUT2D eigenvalue weighted by Gasteiger charge is 2.24. The summed E-state index contributed by atoms with van der Waals surface area (Å²) in [5.74, 6) is 1.27. The maximum absolute atomic E-state index is 13.5. The highest BCUT2D eigenvalue weighted by Crippen LogP contribution is 2.41. The first-order valence-corrected chi connectivity index (χ1v) is 11.1. The molecule has 4 aromatic rings. The second-order valence-electron chi connectivity index (χ2n) is 7.12. The molecule has 5 rings (SSSR count). The Bertz CT molecular complexity index is 1250. The van der Waals surface area contributed by atoms with Crippen LogP contribution in [0.15, 0.2) is 71.9 Å². The van der Waals surface area contributed by atoms with E-state index in [0.717, 1.165) is 33.6 Å². The molecule has 0 saturated carbocycles. The zero-order valence-corrected chi connectivity index (χ0v) is 17.5. The number of rotatable bonds is 4. The standard InChI is InChI=1S/C24H19FN2O3S/c1-29-21-12-17(13-22-24(21)31(28)11-10-30-22)20-14-19(15-6-8-26-9-7-15)23(27-20)16-2-4-18(25)5-3-16/h2-9,12-14,27H,10-11H2,1H3. The first-order valence-electron chi connectivity index (χ1n) is 9.77. The molecule has 0 fully saturated rings. The Morgan fingerprint density at radius 1 is 1.03 bits per heavy atom. The van der Waals surface area contributed by atoms with Gasteiger partial charge in [-0.2, -0.15) is 0 Å². The van der Waals surface area contributed by atoms with Gasteiger partial charge in [-0.1, -0.05) is 0 Å². The van der Waals surface area contributed by atoms with Crippen LogP contribution < -0.4 is 9.47 Å². The molecule has 156 valence electrons. The number of aromatic nitrogens is 2. The van der Waals surface area contributed by atoms with E-state index >= 15 is 0 Å². The quantitative estimate of drug-likeness (QED) is 0.488. The largest absolute Gasteiger partial charge is 0.495 e. The number of aromatic amines is 1. The minimum Gasteiger partial charge on any atom is -0.495 e. The fourth-order valence-corrected chi connectivity index (χ4v) is 4.91. The van der Waals surface area contributed by atoms with Gasteiger partial charge in [0, 0.05) is 29.2 Å². The van der Waals surface area contributed by atoms with Crippen molar-refractivity contribution in [3.63, 3.8) is 0 Å². The molecule has 5 nitrogen and oxygen atoms in total. The van der Waals surface area contributed by atoms with Crippen molar-refractivity contribution in [1.29, 1.82) is 0 Å². The monoisotopic (exact) mass is 434 g/mol. The van der Waals surface area contributed by atoms with Crippen molar-refractivity contribution in [3.05, 3.63) is 72.8 Å². The summed E-state index contributed by atoms with van der Waals surface area (Å²) in [6.45, 7) is 0.403. The van der Waals surface area contributed by atoms with Crippen LogP contribution >= 0.6 is 0 Å². The molecule has 1 aliphatic rings. The van der Waals surface area contributed by atoms with Crippen LogP contribution in [-0.2, 0) is 10.8 Å². The summed E-state index contributed by atoms with van der Waals surface area (Å²) in [6, 6.07) is 16.0. The Hall–Kier alpha value is -3.45. The molecule has 0 radical (unpaired) electrons. The van der Waals surface area contributed by atoms with Crippen molar-refractivity contribution in [2.75, 3.05) is 19.5 Å². The summed E-state index contributed by atoms with van der Waals surface area (Å²) in [7, 11) is 0.407. The Morgan fingerprint density at radius 3 is 2.55 bits per heavy atom. The van der Waals surface area contributed by atoms with Crippen LogP contribution in [0.25, 0.3) is 33.6 Å². The summed E-state index contributed by atoms with van der Waals surface area (Å²) in [5.41, 5.74) is 5.36. The summed E-state index contributed by atoms with van der Waals surface area (Å²) >= 11 is 0. The zero-order valence-electron chi connectivity index (χ0n) is 16.7. The molecule has 1 unspecified atom stereocenters. The van der Waals surface area contributed by atoms with Gasteiger partial charge in [0.15, 0.2) is 0 Å². The minimum absolute atomic E-state index is 0.287. The van der Waals surface area contributed by atoms with Crippen molar-refractivity contribution in [3.8, 4) is 45.1 Å². The van der Waals surface area contributed by atoms with Crippen LogP contribution in [0.1, 0.15) is 0 Å². The summed E-state index contributed by atoms with van der Waals surface area (Å²) in [5, 5.41) is 0. The highest BCUT2D eigenvalue weighted by molar-refractivity contribution is 7.85. The van der Waals surface area contributed by atoms with Crippen LogP contribution in [0.5, 0.6) is 11.5 Å². The van der Waals surface area contributed by atoms with Gasteiger partial charge in [0.05, 0.1) is 29.4 Å². The number of hydrogen-bond acceptors (Lipinski definition) is 4. The molecule has 7 heteroatoms. The third-order valence-electron chi connectivity index (χ3n) is 5.25. The molecule has 3 heterocycles. The smallest absolute Gasteiger partial charge is 0.139 e. The predicted molar refractivity (Wildman–Crippen MR) is 118 cm³/mol. The SMILES string of the molecule is COc1cc(-c2cc(-c3ccncc3)c(-c3ccc(F)cc3)[nH]2)cc2c1S(=O)CCO2. The highest BCUT2D eigenvalue weighted by atomic mass is 32.2. The number of ether oxygens (including phenoxy) is 2. The number of methoxy groups -OCH3 is 1. The van der Waals surface area contributed by atoms with E-state index in [1.165, 1.54) is 12.1 Å². The number of fused-ring (bicyclic) bond motifs is 1. The average molecular weight is 434 g/mol. The Balaban J connectivity index is 1.69. The Kier molecular flexibility index (Phi) is 5.03. The van der Waals surface area contributed by atoms with Crippen LogP contribution in [-0.4, -0.2) is 33.6 Å². The van der Waals surface area contributed by atoms with Gasteiger partial charge in [0.25, 0.3) is 0 Å². The van der Waals surface area contributed by atoms with Gasteiger partial charge in [-0.25, -0.2) is 4.39 Å². The number of hydrogen-bond donors (Lipinski definition) is 1. The molecule has 1 aliphatic heterocycles. The van der Waals surface area contributed by atoms with E-state index in [1.807, 2.05) is 30.3 Å². The molecule has 0 spiro atoms.